The van der Waals surface area contributed by atoms with Crippen molar-refractivity contribution in [2.24, 2.45) is 11.5 Å². The van der Waals surface area contributed by atoms with Gasteiger partial charge < -0.3 is 16.6 Å². The van der Waals surface area contributed by atoms with Crippen molar-refractivity contribution in [3.05, 3.63) is 0 Å². The van der Waals surface area contributed by atoms with Gasteiger partial charge in [-0.2, -0.15) is 0 Å². The molecule has 0 bridgehead atoms. The standard InChI is InChI=1S/C6H14N2O2/c1-4(7)6(10)5(8)2-3-9/h4-5,9H,2-3,7-8H2,1H3. The molecule has 0 aromatic carbocycles. The van der Waals surface area contributed by atoms with Gasteiger partial charge in [0, 0.05) is 6.61 Å². The Morgan fingerprint density at radius 3 is 2.40 bits per heavy atom. The SMILES string of the molecule is CC(N)C(=O)C(N)CCO. The zero-order valence-electron chi connectivity index (χ0n) is 6.08. The molecule has 2 unspecified atom stereocenters. The highest BCUT2D eigenvalue weighted by atomic mass is 16.3. The first-order valence-corrected chi connectivity index (χ1v) is 3.25. The predicted molar refractivity (Wildman–Crippen MR) is 38.3 cm³/mol. The van der Waals surface area contributed by atoms with Crippen LogP contribution in [0.5, 0.6) is 0 Å². The second-order valence-electron chi connectivity index (χ2n) is 2.31. The molecule has 60 valence electrons. The molecule has 0 saturated carbocycles. The summed E-state index contributed by atoms with van der Waals surface area (Å²) in [5, 5.41) is 8.39. The van der Waals surface area contributed by atoms with Gasteiger partial charge >= 0.3 is 0 Å². The van der Waals surface area contributed by atoms with Gasteiger partial charge in [-0.1, -0.05) is 0 Å². The molecule has 0 aliphatic heterocycles. The number of nitrogens with two attached hydrogens (primary N) is 2. The van der Waals surface area contributed by atoms with Crippen LogP contribution in [0.4, 0.5) is 0 Å². The summed E-state index contributed by atoms with van der Waals surface area (Å²) < 4.78 is 0. The summed E-state index contributed by atoms with van der Waals surface area (Å²) in [6.07, 6.45) is 0.292. The van der Waals surface area contributed by atoms with Crippen molar-refractivity contribution >= 4 is 5.78 Å². The number of hydrogen-bond acceptors (Lipinski definition) is 4. The largest absolute Gasteiger partial charge is 0.396 e. The zero-order valence-corrected chi connectivity index (χ0v) is 6.08. The summed E-state index contributed by atoms with van der Waals surface area (Å²) in [7, 11) is 0. The highest BCUT2D eigenvalue weighted by Crippen LogP contribution is 1.91. The third-order valence-electron chi connectivity index (χ3n) is 1.25. The minimum absolute atomic E-state index is 0.0698. The molecule has 5 N–H and O–H groups in total. The lowest BCUT2D eigenvalue weighted by molar-refractivity contribution is -0.121. The van der Waals surface area contributed by atoms with Gasteiger partial charge in [-0.25, -0.2) is 0 Å². The van der Waals surface area contributed by atoms with Crippen LogP contribution in [-0.2, 0) is 4.79 Å². The number of carbonyl (C=O) groups is 1. The van der Waals surface area contributed by atoms with Gasteiger partial charge in [0.1, 0.15) is 0 Å². The fourth-order valence-corrected chi connectivity index (χ4v) is 0.619. The fraction of sp³-hybridized carbons (Fsp3) is 0.833. The lowest BCUT2D eigenvalue weighted by atomic mass is 10.1. The van der Waals surface area contributed by atoms with E-state index in [0.717, 1.165) is 0 Å². The van der Waals surface area contributed by atoms with Crippen LogP contribution in [0.1, 0.15) is 13.3 Å². The minimum atomic E-state index is -0.606. The maximum Gasteiger partial charge on any atom is 0.165 e. The Bertz CT molecular complexity index is 114. The van der Waals surface area contributed by atoms with Crippen LogP contribution in [-0.4, -0.2) is 29.6 Å². The van der Waals surface area contributed by atoms with Gasteiger partial charge in [0.05, 0.1) is 12.1 Å². The molecule has 4 nitrogen and oxygen atoms in total. The summed E-state index contributed by atoms with van der Waals surface area (Å²) in [5.41, 5.74) is 10.6. The van der Waals surface area contributed by atoms with Crippen molar-refractivity contribution in [1.82, 2.24) is 0 Å². The van der Waals surface area contributed by atoms with Gasteiger partial charge in [-0.3, -0.25) is 4.79 Å². The van der Waals surface area contributed by atoms with E-state index in [2.05, 4.69) is 0 Å². The molecule has 10 heavy (non-hydrogen) atoms. The Morgan fingerprint density at radius 2 is 2.10 bits per heavy atom. The van der Waals surface area contributed by atoms with Crippen molar-refractivity contribution in [3.8, 4) is 0 Å². The number of ketones is 1. The van der Waals surface area contributed by atoms with Crippen LogP contribution in [0, 0.1) is 0 Å². The summed E-state index contributed by atoms with van der Waals surface area (Å²) in [6.45, 7) is 1.51. The molecular formula is C6H14N2O2. The summed E-state index contributed by atoms with van der Waals surface area (Å²) in [6, 6.07) is -1.13. The topological polar surface area (TPSA) is 89.3 Å². The van der Waals surface area contributed by atoms with Gasteiger partial charge in [0.25, 0.3) is 0 Å². The van der Waals surface area contributed by atoms with Crippen LogP contribution in [0.2, 0.25) is 0 Å². The molecule has 0 aromatic heterocycles. The highest BCUT2D eigenvalue weighted by molar-refractivity contribution is 5.88. The average Bonchev–Trinajstić information content (AvgIpc) is 1.87. The van der Waals surface area contributed by atoms with E-state index in [-0.39, 0.29) is 12.4 Å². The maximum absolute atomic E-state index is 10.9. The van der Waals surface area contributed by atoms with Crippen molar-refractivity contribution in [1.29, 1.82) is 0 Å². The van der Waals surface area contributed by atoms with Crippen molar-refractivity contribution in [3.63, 3.8) is 0 Å². The smallest absolute Gasteiger partial charge is 0.165 e. The van der Waals surface area contributed by atoms with Crippen molar-refractivity contribution in [2.45, 2.75) is 25.4 Å². The van der Waals surface area contributed by atoms with E-state index in [4.69, 9.17) is 16.6 Å². The van der Waals surface area contributed by atoms with Crippen LogP contribution < -0.4 is 11.5 Å². The van der Waals surface area contributed by atoms with E-state index < -0.39 is 12.1 Å². The third kappa shape index (κ3) is 2.91. The molecule has 0 radical (unpaired) electrons. The third-order valence-corrected chi connectivity index (χ3v) is 1.25. The molecule has 2 atom stereocenters. The summed E-state index contributed by atoms with van der Waals surface area (Å²) >= 11 is 0. The Hall–Kier alpha value is -0.450. The van der Waals surface area contributed by atoms with E-state index in [1.807, 2.05) is 0 Å². The Kier molecular flexibility index (Phi) is 4.18. The Morgan fingerprint density at radius 1 is 1.60 bits per heavy atom. The van der Waals surface area contributed by atoms with Crippen molar-refractivity contribution in [2.75, 3.05) is 6.61 Å². The van der Waals surface area contributed by atoms with Crippen LogP contribution in [0.25, 0.3) is 0 Å². The first kappa shape index (κ1) is 9.55. The number of rotatable bonds is 4. The molecule has 4 heteroatoms. The van der Waals surface area contributed by atoms with Gasteiger partial charge in [-0.05, 0) is 13.3 Å². The second kappa shape index (κ2) is 4.38. The van der Waals surface area contributed by atoms with E-state index in [1.54, 1.807) is 6.92 Å². The first-order valence-electron chi connectivity index (χ1n) is 3.25. The zero-order chi connectivity index (χ0) is 8.15. The molecule has 0 aliphatic rings. The van der Waals surface area contributed by atoms with E-state index in [0.29, 0.717) is 6.42 Å². The number of aliphatic hydroxyl groups excluding tert-OH is 1. The number of carbonyl (C=O) groups excluding carboxylic acids is 1. The minimum Gasteiger partial charge on any atom is -0.396 e. The Labute approximate surface area is 60.2 Å². The number of Topliss-reactive ketones (excluding diaryl/α,β-unsaturated/α-hetero) is 1. The lowest BCUT2D eigenvalue weighted by Gasteiger charge is -2.10. The normalized spacial score (nSPS) is 16.4. The molecule has 0 rings (SSSR count). The Balaban J connectivity index is 3.71. The van der Waals surface area contributed by atoms with Gasteiger partial charge in [0.2, 0.25) is 0 Å². The van der Waals surface area contributed by atoms with Crippen LogP contribution >= 0.6 is 0 Å². The molecule has 0 aliphatic carbocycles. The number of aliphatic hydroxyl groups is 1. The van der Waals surface area contributed by atoms with Crippen LogP contribution in [0.15, 0.2) is 0 Å². The molecular weight excluding hydrogens is 132 g/mol. The number of hydrogen-bond donors (Lipinski definition) is 3. The van der Waals surface area contributed by atoms with E-state index in [1.165, 1.54) is 0 Å². The second-order valence-corrected chi connectivity index (χ2v) is 2.31. The molecule has 0 spiro atoms. The quantitative estimate of drug-likeness (QED) is 0.455. The summed E-state index contributed by atoms with van der Waals surface area (Å²) in [4.78, 5) is 10.9. The molecule has 0 saturated heterocycles. The van der Waals surface area contributed by atoms with Gasteiger partial charge in [0.15, 0.2) is 5.78 Å². The predicted octanol–water partition coefficient (Wildman–Crippen LogP) is -1.39. The van der Waals surface area contributed by atoms with Crippen LogP contribution in [0.3, 0.4) is 0 Å². The highest BCUT2D eigenvalue weighted by Gasteiger charge is 2.15. The first-order chi connectivity index (χ1) is 4.59. The molecule has 0 amide bonds. The molecule has 0 aromatic rings. The monoisotopic (exact) mass is 146 g/mol. The average molecular weight is 146 g/mol. The van der Waals surface area contributed by atoms with E-state index >= 15 is 0 Å². The summed E-state index contributed by atoms with van der Waals surface area (Å²) in [5.74, 6) is -0.200. The lowest BCUT2D eigenvalue weighted by Crippen LogP contribution is -2.41. The van der Waals surface area contributed by atoms with Gasteiger partial charge in [-0.15, -0.1) is 0 Å². The molecule has 0 heterocycles. The maximum atomic E-state index is 10.9. The van der Waals surface area contributed by atoms with E-state index in [9.17, 15) is 4.79 Å². The fourth-order valence-electron chi connectivity index (χ4n) is 0.619. The molecule has 0 fully saturated rings. The van der Waals surface area contributed by atoms with Crippen molar-refractivity contribution < 1.29 is 9.90 Å².